The van der Waals surface area contributed by atoms with Crippen LogP contribution >= 0.6 is 23.2 Å². The SMILES string of the molecule is O=C(c1ccncc1)c1cc(Cl)ccc1Cl. The fourth-order valence-electron chi connectivity index (χ4n) is 1.33. The molecule has 2 aromatic rings. The van der Waals surface area contributed by atoms with E-state index in [1.165, 1.54) is 0 Å². The molecule has 0 saturated carbocycles. The smallest absolute Gasteiger partial charge is 0.194 e. The van der Waals surface area contributed by atoms with Crippen LogP contribution in [0.1, 0.15) is 15.9 Å². The molecule has 2 nitrogen and oxygen atoms in total. The number of benzene rings is 1. The Morgan fingerprint density at radius 1 is 1.06 bits per heavy atom. The summed E-state index contributed by atoms with van der Waals surface area (Å²) in [7, 11) is 0. The van der Waals surface area contributed by atoms with Crippen molar-refractivity contribution in [1.82, 2.24) is 4.98 Å². The second-order valence-electron chi connectivity index (χ2n) is 3.19. The molecule has 0 fully saturated rings. The predicted octanol–water partition coefficient (Wildman–Crippen LogP) is 3.62. The van der Waals surface area contributed by atoms with E-state index in [2.05, 4.69) is 4.98 Å². The first-order chi connectivity index (χ1) is 7.68. The van der Waals surface area contributed by atoms with Crippen LogP contribution in [0.25, 0.3) is 0 Å². The van der Waals surface area contributed by atoms with Crippen molar-refractivity contribution < 1.29 is 4.79 Å². The lowest BCUT2D eigenvalue weighted by Crippen LogP contribution is -2.02. The molecule has 0 amide bonds. The topological polar surface area (TPSA) is 30.0 Å². The molecule has 1 aromatic heterocycles. The Balaban J connectivity index is 2.46. The number of aromatic nitrogens is 1. The van der Waals surface area contributed by atoms with E-state index in [-0.39, 0.29) is 5.78 Å². The maximum atomic E-state index is 12.0. The zero-order valence-corrected chi connectivity index (χ0v) is 9.66. The Kier molecular flexibility index (Phi) is 3.22. The van der Waals surface area contributed by atoms with Gasteiger partial charge in [0.05, 0.1) is 5.02 Å². The monoisotopic (exact) mass is 251 g/mol. The van der Waals surface area contributed by atoms with Crippen molar-refractivity contribution in [3.05, 3.63) is 63.9 Å². The van der Waals surface area contributed by atoms with Gasteiger partial charge in [0.25, 0.3) is 0 Å². The van der Waals surface area contributed by atoms with E-state index < -0.39 is 0 Å². The van der Waals surface area contributed by atoms with Crippen molar-refractivity contribution in [1.29, 1.82) is 0 Å². The standard InChI is InChI=1S/C12H7Cl2NO/c13-9-1-2-11(14)10(7-9)12(16)8-3-5-15-6-4-8/h1-7H. The van der Waals surface area contributed by atoms with E-state index in [1.807, 2.05) is 0 Å². The zero-order valence-electron chi connectivity index (χ0n) is 8.15. The fourth-order valence-corrected chi connectivity index (χ4v) is 1.71. The van der Waals surface area contributed by atoms with E-state index in [4.69, 9.17) is 23.2 Å². The molecule has 0 N–H and O–H groups in total. The van der Waals surface area contributed by atoms with Crippen LogP contribution in [0.15, 0.2) is 42.7 Å². The van der Waals surface area contributed by atoms with Crippen LogP contribution < -0.4 is 0 Å². The van der Waals surface area contributed by atoms with Gasteiger partial charge in [0, 0.05) is 28.5 Å². The number of hydrogen-bond donors (Lipinski definition) is 0. The summed E-state index contributed by atoms with van der Waals surface area (Å²) in [6.45, 7) is 0. The lowest BCUT2D eigenvalue weighted by atomic mass is 10.0. The maximum absolute atomic E-state index is 12.0. The molecule has 0 radical (unpaired) electrons. The first-order valence-corrected chi connectivity index (χ1v) is 5.34. The van der Waals surface area contributed by atoms with Crippen molar-refractivity contribution in [3.8, 4) is 0 Å². The van der Waals surface area contributed by atoms with E-state index in [1.54, 1.807) is 42.7 Å². The van der Waals surface area contributed by atoms with Crippen molar-refractivity contribution in [2.24, 2.45) is 0 Å². The Hall–Kier alpha value is -1.38. The molecule has 0 aliphatic heterocycles. The molecule has 0 aliphatic rings. The van der Waals surface area contributed by atoms with Gasteiger partial charge in [-0.25, -0.2) is 0 Å². The highest BCUT2D eigenvalue weighted by molar-refractivity contribution is 6.36. The van der Waals surface area contributed by atoms with Crippen molar-refractivity contribution in [3.63, 3.8) is 0 Å². The van der Waals surface area contributed by atoms with Gasteiger partial charge in [0.1, 0.15) is 0 Å². The molecular formula is C12H7Cl2NO. The quantitative estimate of drug-likeness (QED) is 0.764. The van der Waals surface area contributed by atoms with Gasteiger partial charge in [-0.05, 0) is 30.3 Å². The molecule has 0 bridgehead atoms. The summed E-state index contributed by atoms with van der Waals surface area (Å²) in [6.07, 6.45) is 3.12. The van der Waals surface area contributed by atoms with Gasteiger partial charge in [0.15, 0.2) is 5.78 Å². The summed E-state index contributed by atoms with van der Waals surface area (Å²) in [5.41, 5.74) is 0.944. The molecule has 1 heterocycles. The third-order valence-corrected chi connectivity index (χ3v) is 2.68. The number of carbonyl (C=O) groups excluding carboxylic acids is 1. The molecule has 16 heavy (non-hydrogen) atoms. The summed E-state index contributed by atoms with van der Waals surface area (Å²) in [4.78, 5) is 15.9. The van der Waals surface area contributed by atoms with Gasteiger partial charge in [-0.3, -0.25) is 9.78 Å². The molecule has 0 saturated heterocycles. The minimum Gasteiger partial charge on any atom is -0.289 e. The fraction of sp³-hybridized carbons (Fsp3) is 0. The van der Waals surface area contributed by atoms with Crippen molar-refractivity contribution in [2.75, 3.05) is 0 Å². The van der Waals surface area contributed by atoms with Gasteiger partial charge >= 0.3 is 0 Å². The molecular weight excluding hydrogens is 245 g/mol. The molecule has 1 aromatic carbocycles. The molecule has 0 unspecified atom stereocenters. The van der Waals surface area contributed by atoms with E-state index in [0.29, 0.717) is 21.2 Å². The number of carbonyl (C=O) groups is 1. The lowest BCUT2D eigenvalue weighted by Gasteiger charge is -2.03. The van der Waals surface area contributed by atoms with Crippen LogP contribution in [0.5, 0.6) is 0 Å². The van der Waals surface area contributed by atoms with Gasteiger partial charge in [-0.1, -0.05) is 23.2 Å². The second-order valence-corrected chi connectivity index (χ2v) is 4.03. The summed E-state index contributed by atoms with van der Waals surface area (Å²) in [5, 5.41) is 0.882. The van der Waals surface area contributed by atoms with E-state index in [0.717, 1.165) is 0 Å². The summed E-state index contributed by atoms with van der Waals surface area (Å²) in [6, 6.07) is 8.09. The number of rotatable bonds is 2. The number of hydrogen-bond acceptors (Lipinski definition) is 2. The van der Waals surface area contributed by atoms with E-state index >= 15 is 0 Å². The van der Waals surface area contributed by atoms with Crippen LogP contribution in [0.2, 0.25) is 10.0 Å². The van der Waals surface area contributed by atoms with Crippen LogP contribution in [0.4, 0.5) is 0 Å². The average molecular weight is 252 g/mol. The van der Waals surface area contributed by atoms with E-state index in [9.17, 15) is 4.79 Å². The molecule has 80 valence electrons. The normalized spacial score (nSPS) is 10.1. The Morgan fingerprint density at radius 3 is 2.44 bits per heavy atom. The Labute approximate surface area is 103 Å². The van der Waals surface area contributed by atoms with Crippen LogP contribution in [0.3, 0.4) is 0 Å². The molecule has 4 heteroatoms. The van der Waals surface area contributed by atoms with Crippen LogP contribution in [0, 0.1) is 0 Å². The Morgan fingerprint density at radius 2 is 1.75 bits per heavy atom. The zero-order chi connectivity index (χ0) is 11.5. The largest absolute Gasteiger partial charge is 0.289 e. The van der Waals surface area contributed by atoms with Crippen LogP contribution in [-0.4, -0.2) is 10.8 Å². The molecule has 0 aliphatic carbocycles. The van der Waals surface area contributed by atoms with Crippen molar-refractivity contribution >= 4 is 29.0 Å². The highest BCUT2D eigenvalue weighted by Gasteiger charge is 2.12. The average Bonchev–Trinajstić information content (AvgIpc) is 2.32. The Bertz CT molecular complexity index is 526. The lowest BCUT2D eigenvalue weighted by molar-refractivity contribution is 0.103. The first kappa shape index (κ1) is 11.1. The summed E-state index contributed by atoms with van der Waals surface area (Å²) < 4.78 is 0. The van der Waals surface area contributed by atoms with Gasteiger partial charge < -0.3 is 0 Å². The number of nitrogens with zero attached hydrogens (tertiary/aromatic N) is 1. The second kappa shape index (κ2) is 4.64. The van der Waals surface area contributed by atoms with Crippen molar-refractivity contribution in [2.45, 2.75) is 0 Å². The predicted molar refractivity (Wildman–Crippen MR) is 64.1 cm³/mol. The highest BCUT2D eigenvalue weighted by Crippen LogP contribution is 2.23. The third-order valence-electron chi connectivity index (χ3n) is 2.12. The summed E-state index contributed by atoms with van der Waals surface area (Å²) >= 11 is 11.8. The summed E-state index contributed by atoms with van der Waals surface area (Å²) in [5.74, 6) is -0.157. The molecule has 2 rings (SSSR count). The highest BCUT2D eigenvalue weighted by atomic mass is 35.5. The van der Waals surface area contributed by atoms with Crippen LogP contribution in [-0.2, 0) is 0 Å². The minimum absolute atomic E-state index is 0.157. The number of pyridine rings is 1. The van der Waals surface area contributed by atoms with Gasteiger partial charge in [-0.15, -0.1) is 0 Å². The third kappa shape index (κ3) is 2.23. The minimum atomic E-state index is -0.157. The number of halogens is 2. The van der Waals surface area contributed by atoms with Gasteiger partial charge in [-0.2, -0.15) is 0 Å². The number of ketones is 1. The van der Waals surface area contributed by atoms with Gasteiger partial charge in [0.2, 0.25) is 0 Å². The first-order valence-electron chi connectivity index (χ1n) is 4.58. The maximum Gasteiger partial charge on any atom is 0.194 e. The molecule has 0 atom stereocenters. The molecule has 0 spiro atoms.